The van der Waals surface area contributed by atoms with E-state index < -0.39 is 0 Å². The number of hydrogen-bond donors (Lipinski definition) is 1. The monoisotopic (exact) mass is 250 g/mol. The Morgan fingerprint density at radius 2 is 2.17 bits per heavy atom. The number of aromatic nitrogens is 2. The van der Waals surface area contributed by atoms with E-state index >= 15 is 0 Å². The highest BCUT2D eigenvalue weighted by Crippen LogP contribution is 2.38. The minimum absolute atomic E-state index is 0.00157. The van der Waals surface area contributed by atoms with Crippen LogP contribution >= 0.6 is 0 Å². The smallest absolute Gasteiger partial charge is 0.258 e. The molecular formula is C13H22N4O. The van der Waals surface area contributed by atoms with Gasteiger partial charge in [-0.2, -0.15) is 5.10 Å². The zero-order valence-corrected chi connectivity index (χ0v) is 11.8. The second-order valence-corrected chi connectivity index (χ2v) is 6.15. The van der Waals surface area contributed by atoms with Gasteiger partial charge in [0.1, 0.15) is 11.4 Å². The van der Waals surface area contributed by atoms with E-state index in [0.29, 0.717) is 11.6 Å². The molecule has 1 aliphatic heterocycles. The Labute approximate surface area is 108 Å². The van der Waals surface area contributed by atoms with Crippen LogP contribution in [-0.2, 0) is 0 Å². The molecule has 0 spiro atoms. The molecule has 1 aliphatic rings. The number of nitrogens with one attached hydrogen (secondary N) is 1. The lowest BCUT2D eigenvalue weighted by Crippen LogP contribution is -2.33. The molecular weight excluding hydrogens is 228 g/mol. The van der Waals surface area contributed by atoms with E-state index in [9.17, 15) is 4.79 Å². The average Bonchev–Trinajstić information content (AvgIpc) is 2.69. The molecule has 100 valence electrons. The molecule has 0 saturated carbocycles. The average molecular weight is 250 g/mol. The number of carbonyl (C=O) groups is 1. The summed E-state index contributed by atoms with van der Waals surface area (Å²) in [6, 6.07) is 0.331. The molecule has 1 atom stereocenters. The Hall–Kier alpha value is -1.52. The molecule has 2 rings (SSSR count). The predicted molar refractivity (Wildman–Crippen MR) is 71.8 cm³/mol. The molecule has 0 fully saturated rings. The van der Waals surface area contributed by atoms with Crippen molar-refractivity contribution in [2.45, 2.75) is 33.2 Å². The van der Waals surface area contributed by atoms with Crippen molar-refractivity contribution in [1.29, 1.82) is 0 Å². The Kier molecular flexibility index (Phi) is 3.09. The fraction of sp³-hybridized carbons (Fsp3) is 0.692. The van der Waals surface area contributed by atoms with Crippen LogP contribution in [0.15, 0.2) is 6.20 Å². The highest BCUT2D eigenvalue weighted by Gasteiger charge is 2.33. The van der Waals surface area contributed by atoms with Crippen molar-refractivity contribution in [3.63, 3.8) is 0 Å². The molecule has 1 amide bonds. The third-order valence-corrected chi connectivity index (χ3v) is 3.44. The van der Waals surface area contributed by atoms with Gasteiger partial charge in [-0.25, -0.2) is 4.68 Å². The third-order valence-electron chi connectivity index (χ3n) is 3.44. The lowest BCUT2D eigenvalue weighted by Gasteiger charge is -2.35. The SMILES string of the molecule is CN(C)C(=O)c1cnn2c1NCCC2C(C)(C)C. The summed E-state index contributed by atoms with van der Waals surface area (Å²) in [4.78, 5) is 13.7. The first-order valence-electron chi connectivity index (χ1n) is 6.35. The molecule has 0 aliphatic carbocycles. The number of rotatable bonds is 1. The maximum Gasteiger partial charge on any atom is 0.258 e. The molecule has 5 heteroatoms. The summed E-state index contributed by atoms with van der Waals surface area (Å²) in [5.41, 5.74) is 0.801. The standard InChI is InChI=1S/C13H22N4O/c1-13(2,3)10-6-7-14-11-9(8-15-17(10)11)12(18)16(4)5/h8,10,14H,6-7H2,1-5H3. The second-order valence-electron chi connectivity index (χ2n) is 6.15. The summed E-state index contributed by atoms with van der Waals surface area (Å²) in [7, 11) is 3.52. The lowest BCUT2D eigenvalue weighted by molar-refractivity contribution is 0.0828. The van der Waals surface area contributed by atoms with Gasteiger partial charge in [0.05, 0.1) is 12.2 Å². The van der Waals surface area contributed by atoms with E-state index in [-0.39, 0.29) is 11.3 Å². The summed E-state index contributed by atoms with van der Waals surface area (Å²) >= 11 is 0. The first-order chi connectivity index (χ1) is 8.32. The Bertz CT molecular complexity index is 456. The number of fused-ring (bicyclic) bond motifs is 1. The van der Waals surface area contributed by atoms with Crippen molar-refractivity contribution in [2.24, 2.45) is 5.41 Å². The molecule has 1 aromatic heterocycles. The van der Waals surface area contributed by atoms with Gasteiger partial charge in [0, 0.05) is 20.6 Å². The first kappa shape index (κ1) is 12.9. The molecule has 1 unspecified atom stereocenters. The van der Waals surface area contributed by atoms with E-state index in [4.69, 9.17) is 0 Å². The largest absolute Gasteiger partial charge is 0.370 e. The number of carbonyl (C=O) groups excluding carboxylic acids is 1. The van der Waals surface area contributed by atoms with Crippen LogP contribution in [0.2, 0.25) is 0 Å². The van der Waals surface area contributed by atoms with Crippen LogP contribution in [0.5, 0.6) is 0 Å². The highest BCUT2D eigenvalue weighted by atomic mass is 16.2. The molecule has 0 saturated heterocycles. The zero-order chi connectivity index (χ0) is 13.5. The third kappa shape index (κ3) is 2.09. The Balaban J connectivity index is 2.41. The molecule has 1 N–H and O–H groups in total. The summed E-state index contributed by atoms with van der Waals surface area (Å²) in [5.74, 6) is 0.859. The van der Waals surface area contributed by atoms with Gasteiger partial charge < -0.3 is 10.2 Å². The van der Waals surface area contributed by atoms with Crippen LogP contribution in [0, 0.1) is 5.41 Å². The summed E-state index contributed by atoms with van der Waals surface area (Å²) in [5, 5.41) is 7.72. The van der Waals surface area contributed by atoms with Crippen molar-refractivity contribution in [3.8, 4) is 0 Å². The Morgan fingerprint density at radius 3 is 2.72 bits per heavy atom. The Morgan fingerprint density at radius 1 is 1.50 bits per heavy atom. The van der Waals surface area contributed by atoms with Crippen LogP contribution in [0.1, 0.15) is 43.6 Å². The van der Waals surface area contributed by atoms with E-state index in [2.05, 4.69) is 31.2 Å². The van der Waals surface area contributed by atoms with E-state index in [1.807, 2.05) is 4.68 Å². The quantitative estimate of drug-likeness (QED) is 0.829. The highest BCUT2D eigenvalue weighted by molar-refractivity contribution is 5.98. The topological polar surface area (TPSA) is 50.2 Å². The van der Waals surface area contributed by atoms with Crippen LogP contribution < -0.4 is 5.32 Å². The van der Waals surface area contributed by atoms with Gasteiger partial charge in [0.25, 0.3) is 5.91 Å². The number of anilines is 1. The van der Waals surface area contributed by atoms with E-state index in [1.165, 1.54) is 0 Å². The van der Waals surface area contributed by atoms with Crippen LogP contribution in [-0.4, -0.2) is 41.2 Å². The number of hydrogen-bond acceptors (Lipinski definition) is 3. The van der Waals surface area contributed by atoms with Gasteiger partial charge in [-0.05, 0) is 11.8 Å². The van der Waals surface area contributed by atoms with Crippen molar-refractivity contribution in [3.05, 3.63) is 11.8 Å². The van der Waals surface area contributed by atoms with Crippen LogP contribution in [0.25, 0.3) is 0 Å². The molecule has 0 aromatic carbocycles. The van der Waals surface area contributed by atoms with Gasteiger partial charge in [-0.3, -0.25) is 4.79 Å². The van der Waals surface area contributed by atoms with Gasteiger partial charge in [-0.15, -0.1) is 0 Å². The van der Waals surface area contributed by atoms with Gasteiger partial charge in [0.2, 0.25) is 0 Å². The lowest BCUT2D eigenvalue weighted by atomic mass is 9.84. The molecule has 0 bridgehead atoms. The fourth-order valence-corrected chi connectivity index (χ4v) is 2.42. The number of amides is 1. The molecule has 0 radical (unpaired) electrons. The molecule has 5 nitrogen and oxygen atoms in total. The minimum atomic E-state index is -0.00157. The second kappa shape index (κ2) is 4.30. The van der Waals surface area contributed by atoms with Crippen molar-refractivity contribution in [1.82, 2.24) is 14.7 Å². The van der Waals surface area contributed by atoms with Gasteiger partial charge >= 0.3 is 0 Å². The maximum atomic E-state index is 12.1. The van der Waals surface area contributed by atoms with Crippen LogP contribution in [0.3, 0.4) is 0 Å². The molecule has 2 heterocycles. The summed E-state index contributed by atoms with van der Waals surface area (Å²) < 4.78 is 1.97. The summed E-state index contributed by atoms with van der Waals surface area (Å²) in [6.45, 7) is 7.52. The predicted octanol–water partition coefficient (Wildman–Crippen LogP) is 1.99. The van der Waals surface area contributed by atoms with Crippen molar-refractivity contribution >= 4 is 11.7 Å². The van der Waals surface area contributed by atoms with Crippen molar-refractivity contribution in [2.75, 3.05) is 26.0 Å². The normalized spacial score (nSPS) is 19.1. The zero-order valence-electron chi connectivity index (χ0n) is 11.8. The molecule has 18 heavy (non-hydrogen) atoms. The van der Waals surface area contributed by atoms with Crippen LogP contribution in [0.4, 0.5) is 5.82 Å². The number of nitrogens with zero attached hydrogens (tertiary/aromatic N) is 3. The first-order valence-corrected chi connectivity index (χ1v) is 6.35. The van der Waals surface area contributed by atoms with Gasteiger partial charge in [0.15, 0.2) is 0 Å². The molecule has 1 aromatic rings. The summed E-state index contributed by atoms with van der Waals surface area (Å²) in [6.07, 6.45) is 2.71. The van der Waals surface area contributed by atoms with E-state index in [1.54, 1.807) is 25.2 Å². The minimum Gasteiger partial charge on any atom is -0.370 e. The van der Waals surface area contributed by atoms with E-state index in [0.717, 1.165) is 18.8 Å². The van der Waals surface area contributed by atoms with Crippen molar-refractivity contribution < 1.29 is 4.79 Å². The fourth-order valence-electron chi connectivity index (χ4n) is 2.42. The van der Waals surface area contributed by atoms with Gasteiger partial charge in [-0.1, -0.05) is 20.8 Å². The maximum absolute atomic E-state index is 12.1.